The number of carbonyl (C=O) groups is 1. The predicted molar refractivity (Wildman–Crippen MR) is 70.8 cm³/mol. The van der Waals surface area contributed by atoms with Crippen LogP contribution in [0.5, 0.6) is 0 Å². The van der Waals surface area contributed by atoms with Crippen molar-refractivity contribution in [3.63, 3.8) is 0 Å². The van der Waals surface area contributed by atoms with Crippen LogP contribution in [0.1, 0.15) is 29.9 Å². The summed E-state index contributed by atoms with van der Waals surface area (Å²) in [7, 11) is 0. The van der Waals surface area contributed by atoms with Crippen LogP contribution >= 0.6 is 11.7 Å². The number of rotatable bonds is 4. The van der Waals surface area contributed by atoms with Gasteiger partial charge in [-0.15, -0.1) is 0 Å². The van der Waals surface area contributed by atoms with Crippen LogP contribution in [0.3, 0.4) is 0 Å². The van der Waals surface area contributed by atoms with Crippen LogP contribution in [0.15, 0.2) is 24.3 Å². The normalized spacial score (nSPS) is 10.8. The van der Waals surface area contributed by atoms with E-state index in [-0.39, 0.29) is 5.69 Å². The number of carboxylic acid groups (broad SMARTS) is 1. The fraction of sp³-hybridized carbons (Fsp3) is 0.308. The molecule has 18 heavy (non-hydrogen) atoms. The summed E-state index contributed by atoms with van der Waals surface area (Å²) in [5, 5.41) is 8.99. The minimum absolute atomic E-state index is 0.0246. The van der Waals surface area contributed by atoms with Gasteiger partial charge in [0, 0.05) is 5.56 Å². The predicted octanol–water partition coefficient (Wildman–Crippen LogP) is 3.10. The standard InChI is InChI=1S/C13H14N2O2S/c1-8(2)7-9-3-5-10(6-4-9)11-12(13(16)17)15-18-14-11/h3-6,8H,7H2,1-2H3,(H,16,17). The zero-order chi connectivity index (χ0) is 13.1. The first-order valence-electron chi connectivity index (χ1n) is 5.73. The second kappa shape index (κ2) is 5.27. The lowest BCUT2D eigenvalue weighted by Gasteiger charge is -2.05. The Morgan fingerprint density at radius 3 is 2.50 bits per heavy atom. The van der Waals surface area contributed by atoms with E-state index in [1.165, 1.54) is 5.56 Å². The third-order valence-electron chi connectivity index (χ3n) is 2.56. The fourth-order valence-electron chi connectivity index (χ4n) is 1.79. The molecule has 1 aromatic carbocycles. The van der Waals surface area contributed by atoms with Crippen LogP contribution in [-0.4, -0.2) is 19.8 Å². The van der Waals surface area contributed by atoms with E-state index >= 15 is 0 Å². The summed E-state index contributed by atoms with van der Waals surface area (Å²) < 4.78 is 7.84. The molecule has 0 aliphatic rings. The summed E-state index contributed by atoms with van der Waals surface area (Å²) in [5.74, 6) is -0.434. The summed E-state index contributed by atoms with van der Waals surface area (Å²) in [6, 6.07) is 7.84. The first kappa shape index (κ1) is 12.7. The molecule has 2 aromatic rings. The minimum atomic E-state index is -1.04. The van der Waals surface area contributed by atoms with E-state index in [0.29, 0.717) is 11.6 Å². The maximum absolute atomic E-state index is 11.0. The SMILES string of the molecule is CC(C)Cc1ccc(-c2nsnc2C(=O)O)cc1. The maximum atomic E-state index is 11.0. The van der Waals surface area contributed by atoms with Crippen LogP contribution in [0.2, 0.25) is 0 Å². The molecular weight excluding hydrogens is 248 g/mol. The molecule has 0 bridgehead atoms. The van der Waals surface area contributed by atoms with E-state index in [2.05, 4.69) is 22.6 Å². The minimum Gasteiger partial charge on any atom is -0.476 e. The molecule has 0 aliphatic heterocycles. The molecule has 0 saturated carbocycles. The third kappa shape index (κ3) is 2.73. The number of carboxylic acids is 1. The van der Waals surface area contributed by atoms with Crippen LogP contribution in [0.25, 0.3) is 11.3 Å². The van der Waals surface area contributed by atoms with Crippen molar-refractivity contribution in [2.24, 2.45) is 5.92 Å². The van der Waals surface area contributed by atoms with Crippen molar-refractivity contribution in [1.82, 2.24) is 8.75 Å². The highest BCUT2D eigenvalue weighted by molar-refractivity contribution is 6.99. The van der Waals surface area contributed by atoms with Crippen molar-refractivity contribution >= 4 is 17.7 Å². The zero-order valence-electron chi connectivity index (χ0n) is 10.3. The molecule has 5 heteroatoms. The average Bonchev–Trinajstić information content (AvgIpc) is 2.78. The maximum Gasteiger partial charge on any atom is 0.357 e. The van der Waals surface area contributed by atoms with Gasteiger partial charge in [-0.25, -0.2) is 4.79 Å². The molecule has 0 unspecified atom stereocenters. The molecule has 2 rings (SSSR count). The number of nitrogens with zero attached hydrogens (tertiary/aromatic N) is 2. The molecule has 0 aliphatic carbocycles. The molecule has 1 aromatic heterocycles. The molecule has 0 radical (unpaired) electrons. The quantitative estimate of drug-likeness (QED) is 0.919. The van der Waals surface area contributed by atoms with Gasteiger partial charge in [-0.1, -0.05) is 38.1 Å². The number of hydrogen-bond donors (Lipinski definition) is 1. The molecule has 1 heterocycles. The van der Waals surface area contributed by atoms with Crippen LogP contribution in [0, 0.1) is 5.92 Å². The number of hydrogen-bond acceptors (Lipinski definition) is 4. The van der Waals surface area contributed by atoms with Gasteiger partial charge in [0.25, 0.3) is 0 Å². The summed E-state index contributed by atoms with van der Waals surface area (Å²) >= 11 is 0.923. The molecule has 0 atom stereocenters. The fourth-order valence-corrected chi connectivity index (χ4v) is 2.35. The van der Waals surface area contributed by atoms with Crippen molar-refractivity contribution in [2.45, 2.75) is 20.3 Å². The third-order valence-corrected chi connectivity index (χ3v) is 3.09. The van der Waals surface area contributed by atoms with Gasteiger partial charge < -0.3 is 5.11 Å². The van der Waals surface area contributed by atoms with Gasteiger partial charge in [0.05, 0.1) is 11.7 Å². The Balaban J connectivity index is 2.29. The van der Waals surface area contributed by atoms with Crippen molar-refractivity contribution in [3.05, 3.63) is 35.5 Å². The van der Waals surface area contributed by atoms with Crippen molar-refractivity contribution in [3.8, 4) is 11.3 Å². The van der Waals surface area contributed by atoms with E-state index < -0.39 is 5.97 Å². The lowest BCUT2D eigenvalue weighted by Crippen LogP contribution is -1.99. The molecular formula is C13H14N2O2S. The lowest BCUT2D eigenvalue weighted by molar-refractivity contribution is 0.0692. The Kier molecular flexibility index (Phi) is 3.72. The Morgan fingerprint density at radius 2 is 1.94 bits per heavy atom. The van der Waals surface area contributed by atoms with E-state index in [4.69, 9.17) is 5.11 Å². The van der Waals surface area contributed by atoms with Crippen molar-refractivity contribution in [2.75, 3.05) is 0 Å². The molecule has 4 nitrogen and oxygen atoms in total. The summed E-state index contributed by atoms with van der Waals surface area (Å²) in [6.07, 6.45) is 1.02. The lowest BCUT2D eigenvalue weighted by atomic mass is 10.0. The zero-order valence-corrected chi connectivity index (χ0v) is 11.1. The van der Waals surface area contributed by atoms with Gasteiger partial charge in [0.1, 0.15) is 5.69 Å². The first-order chi connectivity index (χ1) is 8.58. The highest BCUT2D eigenvalue weighted by Crippen LogP contribution is 2.23. The van der Waals surface area contributed by atoms with E-state index in [9.17, 15) is 4.79 Å². The summed E-state index contributed by atoms with van der Waals surface area (Å²) in [4.78, 5) is 11.0. The van der Waals surface area contributed by atoms with Crippen LogP contribution < -0.4 is 0 Å². The first-order valence-corrected chi connectivity index (χ1v) is 6.46. The highest BCUT2D eigenvalue weighted by Gasteiger charge is 2.16. The van der Waals surface area contributed by atoms with Gasteiger partial charge in [-0.2, -0.15) is 8.75 Å². The second-order valence-electron chi connectivity index (χ2n) is 4.56. The van der Waals surface area contributed by atoms with Crippen molar-refractivity contribution in [1.29, 1.82) is 0 Å². The largest absolute Gasteiger partial charge is 0.476 e. The van der Waals surface area contributed by atoms with Gasteiger partial charge >= 0.3 is 5.97 Å². The number of benzene rings is 1. The number of aromatic nitrogens is 2. The molecule has 0 amide bonds. The van der Waals surface area contributed by atoms with Gasteiger partial charge in [0.15, 0.2) is 5.69 Å². The summed E-state index contributed by atoms with van der Waals surface area (Å²) in [5.41, 5.74) is 2.52. The molecule has 1 N–H and O–H groups in total. The monoisotopic (exact) mass is 262 g/mol. The van der Waals surface area contributed by atoms with Crippen LogP contribution in [-0.2, 0) is 6.42 Å². The Bertz CT molecular complexity index is 546. The average molecular weight is 262 g/mol. The molecule has 94 valence electrons. The molecule has 0 fully saturated rings. The van der Waals surface area contributed by atoms with E-state index in [1.54, 1.807) is 0 Å². The Labute approximate surface area is 110 Å². The van der Waals surface area contributed by atoms with E-state index in [1.807, 2.05) is 24.3 Å². The van der Waals surface area contributed by atoms with Gasteiger partial charge in [0.2, 0.25) is 0 Å². The Morgan fingerprint density at radius 1 is 1.28 bits per heavy atom. The van der Waals surface area contributed by atoms with Crippen molar-refractivity contribution < 1.29 is 9.90 Å². The van der Waals surface area contributed by atoms with E-state index in [0.717, 1.165) is 23.7 Å². The smallest absolute Gasteiger partial charge is 0.357 e. The topological polar surface area (TPSA) is 63.1 Å². The summed E-state index contributed by atoms with van der Waals surface area (Å²) in [6.45, 7) is 4.33. The second-order valence-corrected chi connectivity index (χ2v) is 5.09. The Hall–Kier alpha value is -1.75. The molecule has 0 spiro atoms. The van der Waals surface area contributed by atoms with Gasteiger partial charge in [-0.05, 0) is 17.9 Å². The van der Waals surface area contributed by atoms with Gasteiger partial charge in [-0.3, -0.25) is 0 Å². The number of aromatic carboxylic acids is 1. The van der Waals surface area contributed by atoms with Crippen LogP contribution in [0.4, 0.5) is 0 Å². The molecule has 0 saturated heterocycles. The highest BCUT2D eigenvalue weighted by atomic mass is 32.1.